The molecule has 88 valence electrons. The van der Waals surface area contributed by atoms with Gasteiger partial charge in [-0.2, -0.15) is 0 Å². The fourth-order valence-corrected chi connectivity index (χ4v) is 1.14. The summed E-state index contributed by atoms with van der Waals surface area (Å²) in [6.45, 7) is 2.52. The lowest BCUT2D eigenvalue weighted by Crippen LogP contribution is -2.41. The second-order valence-electron chi connectivity index (χ2n) is 3.80. The first-order valence-corrected chi connectivity index (χ1v) is 5.14. The average molecular weight is 216 g/mol. The predicted molar refractivity (Wildman–Crippen MR) is 57.6 cm³/mol. The van der Waals surface area contributed by atoms with Crippen LogP contribution in [-0.2, 0) is 9.59 Å². The van der Waals surface area contributed by atoms with Crippen molar-refractivity contribution in [3.63, 3.8) is 0 Å². The van der Waals surface area contributed by atoms with Gasteiger partial charge in [-0.3, -0.25) is 4.79 Å². The van der Waals surface area contributed by atoms with E-state index in [0.29, 0.717) is 19.4 Å². The number of carboxylic acids is 1. The summed E-state index contributed by atoms with van der Waals surface area (Å²) in [6.07, 6.45) is 1.55. The standard InChI is InChI=1S/C10H20N2O3/c1-4-5-8(10(14)15)11-9(13)6-7-12(2)3/h8H,4-7H2,1-3H3,(H,11,13)(H,14,15)/t8-/m1/s1. The van der Waals surface area contributed by atoms with Crippen LogP contribution in [-0.4, -0.2) is 48.6 Å². The molecule has 0 aliphatic heterocycles. The Morgan fingerprint density at radius 2 is 2.00 bits per heavy atom. The summed E-state index contributed by atoms with van der Waals surface area (Å²) in [4.78, 5) is 24.0. The summed E-state index contributed by atoms with van der Waals surface area (Å²) in [5, 5.41) is 11.3. The number of nitrogens with zero attached hydrogens (tertiary/aromatic N) is 1. The van der Waals surface area contributed by atoms with Gasteiger partial charge in [0.25, 0.3) is 0 Å². The summed E-state index contributed by atoms with van der Waals surface area (Å²) in [5.74, 6) is -1.17. The van der Waals surface area contributed by atoms with Crippen molar-refractivity contribution in [1.82, 2.24) is 10.2 Å². The van der Waals surface area contributed by atoms with E-state index in [1.807, 2.05) is 25.9 Å². The fourth-order valence-electron chi connectivity index (χ4n) is 1.14. The van der Waals surface area contributed by atoms with Crippen LogP contribution in [0.2, 0.25) is 0 Å². The maximum Gasteiger partial charge on any atom is 0.326 e. The summed E-state index contributed by atoms with van der Waals surface area (Å²) < 4.78 is 0. The van der Waals surface area contributed by atoms with Crippen molar-refractivity contribution in [3.8, 4) is 0 Å². The largest absolute Gasteiger partial charge is 0.480 e. The molecule has 1 atom stereocenters. The highest BCUT2D eigenvalue weighted by molar-refractivity contribution is 5.83. The third-order valence-corrected chi connectivity index (χ3v) is 2.00. The molecule has 0 saturated heterocycles. The van der Waals surface area contributed by atoms with Crippen LogP contribution in [0.15, 0.2) is 0 Å². The molecule has 2 N–H and O–H groups in total. The van der Waals surface area contributed by atoms with Gasteiger partial charge in [0.1, 0.15) is 6.04 Å². The molecule has 15 heavy (non-hydrogen) atoms. The van der Waals surface area contributed by atoms with Crippen molar-refractivity contribution in [2.75, 3.05) is 20.6 Å². The SMILES string of the molecule is CCC[C@@H](NC(=O)CCN(C)C)C(=O)O. The molecule has 5 nitrogen and oxygen atoms in total. The summed E-state index contributed by atoms with van der Waals surface area (Å²) in [5.41, 5.74) is 0. The second kappa shape index (κ2) is 7.23. The van der Waals surface area contributed by atoms with Crippen LogP contribution in [0.4, 0.5) is 0 Å². The van der Waals surface area contributed by atoms with Gasteiger partial charge < -0.3 is 15.3 Å². The Kier molecular flexibility index (Phi) is 6.70. The number of hydrogen-bond acceptors (Lipinski definition) is 3. The monoisotopic (exact) mass is 216 g/mol. The van der Waals surface area contributed by atoms with Gasteiger partial charge in [0.15, 0.2) is 0 Å². The van der Waals surface area contributed by atoms with E-state index < -0.39 is 12.0 Å². The highest BCUT2D eigenvalue weighted by atomic mass is 16.4. The Bertz CT molecular complexity index is 217. The van der Waals surface area contributed by atoms with E-state index in [-0.39, 0.29) is 5.91 Å². The van der Waals surface area contributed by atoms with Gasteiger partial charge in [-0.15, -0.1) is 0 Å². The van der Waals surface area contributed by atoms with Gasteiger partial charge >= 0.3 is 5.97 Å². The van der Waals surface area contributed by atoms with E-state index in [1.165, 1.54) is 0 Å². The molecule has 0 aromatic rings. The van der Waals surface area contributed by atoms with E-state index >= 15 is 0 Å². The molecule has 0 saturated carbocycles. The smallest absolute Gasteiger partial charge is 0.326 e. The Balaban J connectivity index is 3.94. The van der Waals surface area contributed by atoms with Crippen molar-refractivity contribution in [2.45, 2.75) is 32.2 Å². The van der Waals surface area contributed by atoms with Crippen LogP contribution < -0.4 is 5.32 Å². The summed E-state index contributed by atoms with van der Waals surface area (Å²) in [6, 6.07) is -0.746. The molecular formula is C10H20N2O3. The lowest BCUT2D eigenvalue weighted by molar-refractivity contribution is -0.142. The van der Waals surface area contributed by atoms with Crippen molar-refractivity contribution < 1.29 is 14.7 Å². The first kappa shape index (κ1) is 13.9. The van der Waals surface area contributed by atoms with Crippen LogP contribution in [0, 0.1) is 0 Å². The number of aliphatic carboxylic acids is 1. The van der Waals surface area contributed by atoms with Crippen LogP contribution in [0.3, 0.4) is 0 Å². The molecule has 0 heterocycles. The van der Waals surface area contributed by atoms with Crippen LogP contribution >= 0.6 is 0 Å². The minimum Gasteiger partial charge on any atom is -0.480 e. The Hall–Kier alpha value is -1.10. The third kappa shape index (κ3) is 6.90. The maximum atomic E-state index is 11.3. The lowest BCUT2D eigenvalue weighted by atomic mass is 10.1. The molecule has 0 fully saturated rings. The Morgan fingerprint density at radius 1 is 1.40 bits per heavy atom. The van der Waals surface area contributed by atoms with Gasteiger partial charge in [0.05, 0.1) is 0 Å². The number of carboxylic acid groups (broad SMARTS) is 1. The van der Waals surface area contributed by atoms with Gasteiger partial charge in [0.2, 0.25) is 5.91 Å². The zero-order valence-corrected chi connectivity index (χ0v) is 9.62. The van der Waals surface area contributed by atoms with Crippen LogP contribution in [0.25, 0.3) is 0 Å². The first-order valence-electron chi connectivity index (χ1n) is 5.14. The quantitative estimate of drug-likeness (QED) is 0.642. The lowest BCUT2D eigenvalue weighted by Gasteiger charge is -2.14. The topological polar surface area (TPSA) is 69.6 Å². The van der Waals surface area contributed by atoms with E-state index in [2.05, 4.69) is 5.32 Å². The van der Waals surface area contributed by atoms with Gasteiger partial charge in [0, 0.05) is 13.0 Å². The van der Waals surface area contributed by atoms with Crippen LogP contribution in [0.5, 0.6) is 0 Å². The van der Waals surface area contributed by atoms with E-state index in [1.54, 1.807) is 0 Å². The third-order valence-electron chi connectivity index (χ3n) is 2.00. The maximum absolute atomic E-state index is 11.3. The fraction of sp³-hybridized carbons (Fsp3) is 0.800. The molecule has 0 bridgehead atoms. The number of nitrogens with one attached hydrogen (secondary N) is 1. The Labute approximate surface area is 90.5 Å². The van der Waals surface area contributed by atoms with Crippen molar-refractivity contribution in [2.24, 2.45) is 0 Å². The van der Waals surface area contributed by atoms with Gasteiger partial charge in [-0.25, -0.2) is 4.79 Å². The highest BCUT2D eigenvalue weighted by Crippen LogP contribution is 1.97. The number of amides is 1. The Morgan fingerprint density at radius 3 is 2.40 bits per heavy atom. The number of carbonyl (C=O) groups excluding carboxylic acids is 1. The number of rotatable bonds is 7. The molecule has 0 aliphatic rings. The first-order chi connectivity index (χ1) is 6.97. The molecule has 1 amide bonds. The summed E-state index contributed by atoms with van der Waals surface area (Å²) >= 11 is 0. The predicted octanol–water partition coefficient (Wildman–Crippen LogP) is 0.308. The molecule has 0 aromatic carbocycles. The van der Waals surface area contributed by atoms with Crippen molar-refractivity contribution in [3.05, 3.63) is 0 Å². The number of hydrogen-bond donors (Lipinski definition) is 2. The minimum absolute atomic E-state index is 0.204. The molecule has 0 radical (unpaired) electrons. The second-order valence-corrected chi connectivity index (χ2v) is 3.80. The van der Waals surface area contributed by atoms with E-state index in [0.717, 1.165) is 6.42 Å². The molecule has 0 aliphatic carbocycles. The van der Waals surface area contributed by atoms with E-state index in [4.69, 9.17) is 5.11 Å². The molecule has 0 unspecified atom stereocenters. The van der Waals surface area contributed by atoms with Gasteiger partial charge in [-0.1, -0.05) is 13.3 Å². The molecule has 0 spiro atoms. The molecular weight excluding hydrogens is 196 g/mol. The zero-order chi connectivity index (χ0) is 11.8. The summed E-state index contributed by atoms with van der Waals surface area (Å²) in [7, 11) is 3.74. The molecule has 0 aromatic heterocycles. The number of carbonyl (C=O) groups is 2. The normalized spacial score (nSPS) is 12.5. The molecule has 0 rings (SSSR count). The van der Waals surface area contributed by atoms with Crippen molar-refractivity contribution >= 4 is 11.9 Å². The minimum atomic E-state index is -0.963. The van der Waals surface area contributed by atoms with Crippen LogP contribution in [0.1, 0.15) is 26.2 Å². The van der Waals surface area contributed by atoms with E-state index in [9.17, 15) is 9.59 Å². The average Bonchev–Trinajstić information content (AvgIpc) is 2.14. The highest BCUT2D eigenvalue weighted by Gasteiger charge is 2.18. The van der Waals surface area contributed by atoms with Gasteiger partial charge in [-0.05, 0) is 20.5 Å². The molecule has 5 heteroatoms. The van der Waals surface area contributed by atoms with Crippen molar-refractivity contribution in [1.29, 1.82) is 0 Å². The zero-order valence-electron chi connectivity index (χ0n) is 9.62.